The molecule has 0 aliphatic heterocycles. The van der Waals surface area contributed by atoms with Crippen LogP contribution < -0.4 is 4.72 Å². The molecule has 0 aromatic heterocycles. The van der Waals surface area contributed by atoms with Gasteiger partial charge in [0.1, 0.15) is 0 Å². The van der Waals surface area contributed by atoms with Gasteiger partial charge in [0.2, 0.25) is 0 Å². The van der Waals surface area contributed by atoms with Gasteiger partial charge in [-0.1, -0.05) is 13.8 Å². The van der Waals surface area contributed by atoms with E-state index in [2.05, 4.69) is 4.72 Å². The second-order valence-electron chi connectivity index (χ2n) is 3.09. The maximum absolute atomic E-state index is 10.5. The van der Waals surface area contributed by atoms with Gasteiger partial charge < -0.3 is 0 Å². The summed E-state index contributed by atoms with van der Waals surface area (Å²) >= 11 is 0. The van der Waals surface area contributed by atoms with E-state index in [0.29, 0.717) is 5.92 Å². The first-order valence-electron chi connectivity index (χ1n) is 3.53. The van der Waals surface area contributed by atoms with Gasteiger partial charge in [0.05, 0.1) is 0 Å². The van der Waals surface area contributed by atoms with E-state index in [4.69, 9.17) is 10.7 Å². The van der Waals surface area contributed by atoms with Crippen molar-refractivity contribution in [2.24, 2.45) is 5.92 Å². The minimum absolute atomic E-state index is 0.0856. The maximum Gasteiger partial charge on any atom is 0.297 e. The monoisotopic (exact) mass is 199 g/mol. The summed E-state index contributed by atoms with van der Waals surface area (Å²) < 4.78 is 23.2. The summed E-state index contributed by atoms with van der Waals surface area (Å²) in [5.74, 6) is 0.468. The lowest BCUT2D eigenvalue weighted by Crippen LogP contribution is -2.30. The van der Waals surface area contributed by atoms with Crippen LogP contribution >= 0.6 is 10.7 Å². The number of halogens is 1. The lowest BCUT2D eigenvalue weighted by Gasteiger charge is -2.12. The topological polar surface area (TPSA) is 46.2 Å². The second-order valence-corrected chi connectivity index (χ2v) is 5.42. The first-order chi connectivity index (χ1) is 4.81. The third-order valence-electron chi connectivity index (χ3n) is 1.17. The fourth-order valence-electron chi connectivity index (χ4n) is 0.996. The predicted octanol–water partition coefficient (Wildman–Crippen LogP) is 1.49. The summed E-state index contributed by atoms with van der Waals surface area (Å²) in [6.45, 7) is 5.85. The molecule has 3 nitrogen and oxygen atoms in total. The first kappa shape index (κ1) is 11.2. The first-order valence-corrected chi connectivity index (χ1v) is 5.84. The maximum atomic E-state index is 10.5. The highest BCUT2D eigenvalue weighted by Crippen LogP contribution is 2.05. The minimum atomic E-state index is -3.55. The van der Waals surface area contributed by atoms with Crippen LogP contribution in [0.4, 0.5) is 0 Å². The van der Waals surface area contributed by atoms with Crippen molar-refractivity contribution in [1.29, 1.82) is 0 Å². The molecule has 0 bridgehead atoms. The smallest absolute Gasteiger partial charge is 0.199 e. The van der Waals surface area contributed by atoms with Crippen molar-refractivity contribution in [2.45, 2.75) is 33.2 Å². The van der Waals surface area contributed by atoms with Crippen molar-refractivity contribution in [2.75, 3.05) is 0 Å². The quantitative estimate of drug-likeness (QED) is 0.698. The van der Waals surface area contributed by atoms with Crippen LogP contribution in [0.1, 0.15) is 27.2 Å². The Morgan fingerprint density at radius 3 is 2.09 bits per heavy atom. The minimum Gasteiger partial charge on any atom is -0.199 e. The molecule has 11 heavy (non-hydrogen) atoms. The lowest BCUT2D eigenvalue weighted by molar-refractivity contribution is 0.487. The van der Waals surface area contributed by atoms with Crippen LogP contribution in [0.3, 0.4) is 0 Å². The Labute approximate surface area is 72.7 Å². The summed E-state index contributed by atoms with van der Waals surface area (Å²) in [7, 11) is 1.43. The molecule has 0 aliphatic rings. The van der Waals surface area contributed by atoms with E-state index >= 15 is 0 Å². The number of rotatable bonds is 4. The summed E-state index contributed by atoms with van der Waals surface area (Å²) in [5.41, 5.74) is 0. The molecule has 0 saturated carbocycles. The van der Waals surface area contributed by atoms with Crippen LogP contribution in [0.2, 0.25) is 0 Å². The van der Waals surface area contributed by atoms with E-state index in [1.165, 1.54) is 0 Å². The molecule has 0 radical (unpaired) electrons. The highest BCUT2D eigenvalue weighted by Gasteiger charge is 2.11. The molecular formula is C6H14ClNO2S. The van der Waals surface area contributed by atoms with E-state index in [0.717, 1.165) is 6.42 Å². The van der Waals surface area contributed by atoms with E-state index in [1.54, 1.807) is 6.92 Å². The Morgan fingerprint density at radius 2 is 1.82 bits per heavy atom. The molecule has 0 saturated heterocycles. The third kappa shape index (κ3) is 8.10. The fourth-order valence-corrected chi connectivity index (χ4v) is 2.03. The highest BCUT2D eigenvalue weighted by atomic mass is 35.7. The Bertz CT molecular complexity index is 201. The summed E-state index contributed by atoms with van der Waals surface area (Å²) in [6, 6.07) is -0.0856. The van der Waals surface area contributed by atoms with Crippen molar-refractivity contribution < 1.29 is 8.42 Å². The largest absolute Gasteiger partial charge is 0.297 e. The van der Waals surface area contributed by atoms with Crippen molar-refractivity contribution >= 4 is 19.9 Å². The van der Waals surface area contributed by atoms with Gasteiger partial charge in [0, 0.05) is 16.7 Å². The van der Waals surface area contributed by atoms with Gasteiger partial charge >= 0.3 is 0 Å². The number of hydrogen-bond donors (Lipinski definition) is 1. The predicted molar refractivity (Wildman–Crippen MR) is 46.8 cm³/mol. The van der Waals surface area contributed by atoms with Gasteiger partial charge in [0.15, 0.2) is 0 Å². The lowest BCUT2D eigenvalue weighted by atomic mass is 10.1. The molecule has 0 heterocycles. The van der Waals surface area contributed by atoms with Gasteiger partial charge in [-0.05, 0) is 19.3 Å². The van der Waals surface area contributed by atoms with E-state index < -0.39 is 9.24 Å². The van der Waals surface area contributed by atoms with Gasteiger partial charge in [-0.2, -0.15) is 13.1 Å². The molecule has 0 aromatic carbocycles. The number of hydrogen-bond acceptors (Lipinski definition) is 2. The second kappa shape index (κ2) is 4.28. The van der Waals surface area contributed by atoms with E-state index in [-0.39, 0.29) is 6.04 Å². The molecular weight excluding hydrogens is 186 g/mol. The van der Waals surface area contributed by atoms with E-state index in [9.17, 15) is 8.42 Å². The summed E-state index contributed by atoms with van der Waals surface area (Å²) in [6.07, 6.45) is 0.798. The molecule has 68 valence electrons. The Hall–Kier alpha value is 0.200. The molecule has 0 fully saturated rings. The zero-order valence-corrected chi connectivity index (χ0v) is 8.54. The van der Waals surface area contributed by atoms with Gasteiger partial charge in [0.25, 0.3) is 9.24 Å². The van der Waals surface area contributed by atoms with Crippen LogP contribution in [0.5, 0.6) is 0 Å². The molecule has 0 aliphatic carbocycles. The van der Waals surface area contributed by atoms with Gasteiger partial charge in [-0.3, -0.25) is 0 Å². The SMILES string of the molecule is CC(C)CC(C)NS(=O)(=O)Cl. The summed E-state index contributed by atoms with van der Waals surface area (Å²) in [5, 5.41) is 0. The Balaban J connectivity index is 3.80. The normalized spacial score (nSPS) is 15.4. The van der Waals surface area contributed by atoms with Crippen molar-refractivity contribution in [1.82, 2.24) is 4.72 Å². The van der Waals surface area contributed by atoms with Crippen LogP contribution in [0.15, 0.2) is 0 Å². The molecule has 0 amide bonds. The van der Waals surface area contributed by atoms with Gasteiger partial charge in [-0.15, -0.1) is 0 Å². The Kier molecular flexibility index (Phi) is 4.36. The van der Waals surface area contributed by atoms with Crippen LogP contribution in [0.25, 0.3) is 0 Å². The summed E-state index contributed by atoms with van der Waals surface area (Å²) in [4.78, 5) is 0. The fraction of sp³-hybridized carbons (Fsp3) is 1.00. The molecule has 1 unspecified atom stereocenters. The van der Waals surface area contributed by atoms with Crippen LogP contribution in [-0.2, 0) is 9.24 Å². The van der Waals surface area contributed by atoms with Crippen molar-refractivity contribution in [3.05, 3.63) is 0 Å². The molecule has 0 aromatic rings. The molecule has 5 heteroatoms. The average molecular weight is 200 g/mol. The standard InChI is InChI=1S/C6H14ClNO2S/c1-5(2)4-6(3)8-11(7,9)10/h5-6,8H,4H2,1-3H3. The molecule has 0 rings (SSSR count). The molecule has 0 spiro atoms. The Morgan fingerprint density at radius 1 is 1.36 bits per heavy atom. The zero-order valence-electron chi connectivity index (χ0n) is 6.96. The average Bonchev–Trinajstić information content (AvgIpc) is 1.53. The van der Waals surface area contributed by atoms with Crippen molar-refractivity contribution in [3.63, 3.8) is 0 Å². The van der Waals surface area contributed by atoms with Gasteiger partial charge in [-0.25, -0.2) is 0 Å². The van der Waals surface area contributed by atoms with Crippen molar-refractivity contribution in [3.8, 4) is 0 Å². The zero-order chi connectivity index (χ0) is 9.07. The molecule has 1 atom stereocenters. The van der Waals surface area contributed by atoms with Crippen LogP contribution in [0, 0.1) is 5.92 Å². The third-order valence-corrected chi connectivity index (χ3v) is 2.12. The number of nitrogens with one attached hydrogen (secondary N) is 1. The molecule has 1 N–H and O–H groups in total. The van der Waals surface area contributed by atoms with E-state index in [1.807, 2.05) is 13.8 Å². The highest BCUT2D eigenvalue weighted by molar-refractivity contribution is 8.12. The van der Waals surface area contributed by atoms with Crippen LogP contribution in [-0.4, -0.2) is 14.5 Å².